The number of nitrogens with zero attached hydrogens (tertiary/aromatic N) is 3. The molecule has 2 aromatic carbocycles. The van der Waals surface area contributed by atoms with Crippen LogP contribution in [0, 0.1) is 5.82 Å². The molecular formula is C22H22FN7O. The van der Waals surface area contributed by atoms with Crippen LogP contribution in [0.2, 0.25) is 0 Å². The molecule has 9 heteroatoms. The van der Waals surface area contributed by atoms with Gasteiger partial charge in [-0.15, -0.1) is 0 Å². The van der Waals surface area contributed by atoms with Crippen LogP contribution >= 0.6 is 0 Å². The summed E-state index contributed by atoms with van der Waals surface area (Å²) in [7, 11) is 1.63. The van der Waals surface area contributed by atoms with E-state index in [0.29, 0.717) is 17.5 Å². The van der Waals surface area contributed by atoms with E-state index in [2.05, 4.69) is 30.8 Å². The molecule has 4 rings (SSSR count). The monoisotopic (exact) mass is 419 g/mol. The van der Waals surface area contributed by atoms with Gasteiger partial charge in [0.05, 0.1) is 12.8 Å². The van der Waals surface area contributed by atoms with Gasteiger partial charge >= 0.3 is 0 Å². The van der Waals surface area contributed by atoms with Crippen LogP contribution < -0.4 is 21.1 Å². The van der Waals surface area contributed by atoms with Gasteiger partial charge in [0.2, 0.25) is 5.95 Å². The zero-order valence-corrected chi connectivity index (χ0v) is 17.1. The first-order valence-corrected chi connectivity index (χ1v) is 9.63. The van der Waals surface area contributed by atoms with Gasteiger partial charge in [-0.25, -0.2) is 4.39 Å². The molecule has 0 aliphatic carbocycles. The van der Waals surface area contributed by atoms with Gasteiger partial charge in [-0.2, -0.15) is 15.1 Å². The molecule has 0 aliphatic heterocycles. The fourth-order valence-corrected chi connectivity index (χ4v) is 3.12. The van der Waals surface area contributed by atoms with Crippen LogP contribution in [-0.4, -0.2) is 27.3 Å². The number of aromatic nitrogens is 4. The number of hydrogen-bond acceptors (Lipinski definition) is 7. The SMILES string of the molecule is COc1cccc(-c2cc(Nc3cc(NC(C)c4ccc(F)cc4)nc(N)n3)n[nH]2)c1. The standard InChI is InChI=1S/C22H22FN7O/c1-13(14-6-8-16(23)9-7-14)25-19-12-20(28-22(24)27-19)26-21-11-18(29-30-21)15-4-3-5-17(10-15)31-2/h3-13H,1-2H3,(H5,24,25,26,27,28,29,30). The number of anilines is 4. The molecular weight excluding hydrogens is 397 g/mol. The van der Waals surface area contributed by atoms with Crippen molar-refractivity contribution in [1.29, 1.82) is 0 Å². The second-order valence-corrected chi connectivity index (χ2v) is 6.94. The summed E-state index contributed by atoms with van der Waals surface area (Å²) in [5, 5.41) is 13.7. The lowest BCUT2D eigenvalue weighted by Crippen LogP contribution is -2.10. The molecule has 31 heavy (non-hydrogen) atoms. The summed E-state index contributed by atoms with van der Waals surface area (Å²) in [6.45, 7) is 1.95. The van der Waals surface area contributed by atoms with E-state index in [-0.39, 0.29) is 17.8 Å². The van der Waals surface area contributed by atoms with Crippen LogP contribution in [-0.2, 0) is 0 Å². The zero-order valence-electron chi connectivity index (χ0n) is 17.1. The quantitative estimate of drug-likeness (QED) is 0.348. The first kappa shape index (κ1) is 20.1. The summed E-state index contributed by atoms with van der Waals surface area (Å²) in [5.41, 5.74) is 8.57. The summed E-state index contributed by atoms with van der Waals surface area (Å²) in [5.74, 6) is 2.20. The van der Waals surface area contributed by atoms with E-state index in [4.69, 9.17) is 10.5 Å². The second kappa shape index (κ2) is 8.70. The Morgan fingerprint density at radius 1 is 1.00 bits per heavy atom. The minimum absolute atomic E-state index is 0.104. The Labute approximate surface area is 178 Å². The molecule has 8 nitrogen and oxygen atoms in total. The van der Waals surface area contributed by atoms with Crippen molar-refractivity contribution in [3.05, 3.63) is 72.0 Å². The van der Waals surface area contributed by atoms with E-state index in [9.17, 15) is 4.39 Å². The average Bonchev–Trinajstić information content (AvgIpc) is 3.22. The van der Waals surface area contributed by atoms with Gasteiger partial charge in [-0.3, -0.25) is 5.10 Å². The number of hydrogen-bond donors (Lipinski definition) is 4. The fourth-order valence-electron chi connectivity index (χ4n) is 3.12. The van der Waals surface area contributed by atoms with Crippen LogP contribution in [0.1, 0.15) is 18.5 Å². The third-order valence-corrected chi connectivity index (χ3v) is 4.69. The summed E-state index contributed by atoms with van der Waals surface area (Å²) in [6.07, 6.45) is 0. The maximum absolute atomic E-state index is 13.2. The Hall–Kier alpha value is -4.14. The Balaban J connectivity index is 1.50. The summed E-state index contributed by atoms with van der Waals surface area (Å²) in [6, 6.07) is 17.4. The number of ether oxygens (including phenoxy) is 1. The van der Waals surface area contributed by atoms with Crippen LogP contribution in [0.3, 0.4) is 0 Å². The lowest BCUT2D eigenvalue weighted by molar-refractivity contribution is 0.415. The van der Waals surface area contributed by atoms with E-state index in [0.717, 1.165) is 22.6 Å². The molecule has 0 spiro atoms. The number of nitrogen functional groups attached to an aromatic ring is 1. The molecule has 5 N–H and O–H groups in total. The molecule has 2 heterocycles. The molecule has 0 aliphatic rings. The number of nitrogens with two attached hydrogens (primary N) is 1. The zero-order chi connectivity index (χ0) is 21.8. The van der Waals surface area contributed by atoms with Crippen molar-refractivity contribution in [1.82, 2.24) is 20.2 Å². The van der Waals surface area contributed by atoms with Crippen molar-refractivity contribution >= 4 is 23.4 Å². The molecule has 4 aromatic rings. The van der Waals surface area contributed by atoms with Crippen molar-refractivity contribution < 1.29 is 9.13 Å². The van der Waals surface area contributed by atoms with E-state index < -0.39 is 0 Å². The number of methoxy groups -OCH3 is 1. The number of benzene rings is 2. The largest absolute Gasteiger partial charge is 0.497 e. The molecule has 1 unspecified atom stereocenters. The number of nitrogens with one attached hydrogen (secondary N) is 3. The second-order valence-electron chi connectivity index (χ2n) is 6.94. The molecule has 0 fully saturated rings. The summed E-state index contributed by atoms with van der Waals surface area (Å²) < 4.78 is 18.4. The highest BCUT2D eigenvalue weighted by molar-refractivity contribution is 5.67. The minimum atomic E-state index is -0.277. The van der Waals surface area contributed by atoms with Crippen molar-refractivity contribution in [3.63, 3.8) is 0 Å². The smallest absolute Gasteiger partial charge is 0.223 e. The maximum atomic E-state index is 13.2. The predicted octanol–water partition coefficient (Wildman–Crippen LogP) is 4.51. The Morgan fingerprint density at radius 3 is 2.55 bits per heavy atom. The summed E-state index contributed by atoms with van der Waals surface area (Å²) in [4.78, 5) is 8.45. The summed E-state index contributed by atoms with van der Waals surface area (Å²) >= 11 is 0. The van der Waals surface area contributed by atoms with Gasteiger partial charge < -0.3 is 21.1 Å². The highest BCUT2D eigenvalue weighted by atomic mass is 19.1. The van der Waals surface area contributed by atoms with Gasteiger partial charge in [-0.1, -0.05) is 24.3 Å². The van der Waals surface area contributed by atoms with Gasteiger partial charge in [0, 0.05) is 23.7 Å². The van der Waals surface area contributed by atoms with E-state index in [1.165, 1.54) is 12.1 Å². The molecule has 0 radical (unpaired) electrons. The number of aromatic amines is 1. The molecule has 0 saturated heterocycles. The topological polar surface area (TPSA) is 114 Å². The molecule has 0 saturated carbocycles. The molecule has 0 amide bonds. The molecule has 158 valence electrons. The van der Waals surface area contributed by atoms with Crippen molar-refractivity contribution in [2.75, 3.05) is 23.5 Å². The average molecular weight is 419 g/mol. The molecule has 1 atom stereocenters. The number of H-pyrrole nitrogens is 1. The number of halogens is 1. The fraction of sp³-hybridized carbons (Fsp3) is 0.136. The molecule has 0 bridgehead atoms. The maximum Gasteiger partial charge on any atom is 0.223 e. The van der Waals surface area contributed by atoms with Crippen LogP contribution in [0.4, 0.5) is 27.8 Å². The minimum Gasteiger partial charge on any atom is -0.497 e. The normalized spacial score (nSPS) is 11.7. The lowest BCUT2D eigenvalue weighted by Gasteiger charge is -2.16. The van der Waals surface area contributed by atoms with Crippen LogP contribution in [0.25, 0.3) is 11.3 Å². The first-order valence-electron chi connectivity index (χ1n) is 9.63. The third kappa shape index (κ3) is 4.89. The van der Waals surface area contributed by atoms with Gasteiger partial charge in [0.25, 0.3) is 0 Å². The Bertz CT molecular complexity index is 1180. The van der Waals surface area contributed by atoms with E-state index in [1.54, 1.807) is 25.3 Å². The van der Waals surface area contributed by atoms with E-state index in [1.807, 2.05) is 37.3 Å². The van der Waals surface area contributed by atoms with Crippen molar-refractivity contribution in [2.24, 2.45) is 0 Å². The number of rotatable bonds is 7. The van der Waals surface area contributed by atoms with Crippen molar-refractivity contribution in [3.8, 4) is 17.0 Å². The lowest BCUT2D eigenvalue weighted by atomic mass is 10.1. The predicted molar refractivity (Wildman–Crippen MR) is 119 cm³/mol. The van der Waals surface area contributed by atoms with Crippen LogP contribution in [0.5, 0.6) is 5.75 Å². The highest BCUT2D eigenvalue weighted by Gasteiger charge is 2.11. The Kier molecular flexibility index (Phi) is 5.65. The van der Waals surface area contributed by atoms with E-state index >= 15 is 0 Å². The third-order valence-electron chi connectivity index (χ3n) is 4.69. The Morgan fingerprint density at radius 2 is 1.77 bits per heavy atom. The van der Waals surface area contributed by atoms with Gasteiger partial charge in [0.15, 0.2) is 5.82 Å². The van der Waals surface area contributed by atoms with Crippen LogP contribution in [0.15, 0.2) is 60.7 Å². The first-order chi connectivity index (χ1) is 15.0. The highest BCUT2D eigenvalue weighted by Crippen LogP contribution is 2.26. The van der Waals surface area contributed by atoms with Gasteiger partial charge in [0.1, 0.15) is 23.2 Å². The van der Waals surface area contributed by atoms with Gasteiger partial charge in [-0.05, 0) is 36.8 Å². The van der Waals surface area contributed by atoms with Crippen molar-refractivity contribution in [2.45, 2.75) is 13.0 Å². The molecule has 2 aromatic heterocycles.